The van der Waals surface area contributed by atoms with E-state index in [0.29, 0.717) is 5.69 Å². The number of aromatic nitrogens is 1. The Kier molecular flexibility index (Phi) is 4.21. The van der Waals surface area contributed by atoms with Gasteiger partial charge in [0.1, 0.15) is 5.69 Å². The van der Waals surface area contributed by atoms with Crippen molar-refractivity contribution < 1.29 is 13.3 Å². The lowest BCUT2D eigenvalue weighted by Crippen LogP contribution is -2.26. The highest BCUT2D eigenvalue weighted by atomic mass is 32.2. The Morgan fingerprint density at radius 3 is 2.71 bits per heavy atom. The second-order valence-corrected chi connectivity index (χ2v) is 6.98. The standard InChI is InChI=1S/C11H12N4O4S2/c1-14(5-8-6-20-7-13-8)21(18,19)9-2-3-11(15(16)17)10(12)4-9/h2-4,6-7H,5,12H2,1H3. The number of hydrogen-bond donors (Lipinski definition) is 1. The minimum absolute atomic E-state index is 0.0941. The van der Waals surface area contributed by atoms with Gasteiger partial charge in [-0.05, 0) is 12.1 Å². The summed E-state index contributed by atoms with van der Waals surface area (Å²) in [5.41, 5.74) is 7.24. The number of nitrogens with zero attached hydrogens (tertiary/aromatic N) is 3. The average Bonchev–Trinajstić information content (AvgIpc) is 2.90. The monoisotopic (exact) mass is 328 g/mol. The third kappa shape index (κ3) is 3.17. The number of anilines is 1. The predicted molar refractivity (Wildman–Crippen MR) is 78.3 cm³/mol. The van der Waals surface area contributed by atoms with Crippen molar-refractivity contribution in [2.45, 2.75) is 11.4 Å². The molecule has 21 heavy (non-hydrogen) atoms. The number of nitro benzene ring substituents is 1. The highest BCUT2D eigenvalue weighted by molar-refractivity contribution is 7.89. The van der Waals surface area contributed by atoms with Gasteiger partial charge in [0, 0.05) is 18.5 Å². The molecule has 1 aromatic carbocycles. The summed E-state index contributed by atoms with van der Waals surface area (Å²) in [6.45, 7) is 0.114. The smallest absolute Gasteiger partial charge is 0.292 e. The molecule has 2 aromatic rings. The SMILES string of the molecule is CN(Cc1cscn1)S(=O)(=O)c1ccc([N+](=O)[O-])c(N)c1. The number of rotatable bonds is 5. The maximum atomic E-state index is 12.4. The highest BCUT2D eigenvalue weighted by Crippen LogP contribution is 2.26. The molecular weight excluding hydrogens is 316 g/mol. The first-order valence-electron chi connectivity index (χ1n) is 5.69. The lowest BCUT2D eigenvalue weighted by atomic mass is 10.3. The number of hydrogen-bond acceptors (Lipinski definition) is 7. The van der Waals surface area contributed by atoms with Crippen LogP contribution in [-0.4, -0.2) is 29.7 Å². The van der Waals surface area contributed by atoms with E-state index >= 15 is 0 Å². The predicted octanol–water partition coefficient (Wildman–Crippen LogP) is 1.45. The molecule has 0 atom stereocenters. The van der Waals surface area contributed by atoms with E-state index in [2.05, 4.69) is 4.98 Å². The van der Waals surface area contributed by atoms with Gasteiger partial charge >= 0.3 is 0 Å². The highest BCUT2D eigenvalue weighted by Gasteiger charge is 2.24. The summed E-state index contributed by atoms with van der Waals surface area (Å²) < 4.78 is 25.8. The van der Waals surface area contributed by atoms with Gasteiger partial charge in [-0.3, -0.25) is 10.1 Å². The van der Waals surface area contributed by atoms with Gasteiger partial charge in [0.05, 0.1) is 27.6 Å². The van der Waals surface area contributed by atoms with Gasteiger partial charge in [-0.1, -0.05) is 0 Å². The first-order valence-corrected chi connectivity index (χ1v) is 8.08. The maximum Gasteiger partial charge on any atom is 0.292 e. The van der Waals surface area contributed by atoms with E-state index in [1.54, 1.807) is 10.9 Å². The quantitative estimate of drug-likeness (QED) is 0.504. The number of thiazole rings is 1. The molecule has 0 radical (unpaired) electrons. The summed E-state index contributed by atoms with van der Waals surface area (Å²) in [7, 11) is -2.38. The van der Waals surface area contributed by atoms with E-state index < -0.39 is 14.9 Å². The largest absolute Gasteiger partial charge is 0.393 e. The fourth-order valence-electron chi connectivity index (χ4n) is 1.67. The van der Waals surface area contributed by atoms with E-state index in [-0.39, 0.29) is 22.8 Å². The number of sulfonamides is 1. The molecule has 0 unspecified atom stereocenters. The van der Waals surface area contributed by atoms with Gasteiger partial charge in [0.15, 0.2) is 0 Å². The van der Waals surface area contributed by atoms with Crippen molar-refractivity contribution in [2.75, 3.05) is 12.8 Å². The van der Waals surface area contributed by atoms with Crippen LogP contribution >= 0.6 is 11.3 Å². The molecule has 0 spiro atoms. The van der Waals surface area contributed by atoms with Crippen LogP contribution in [0.3, 0.4) is 0 Å². The van der Waals surface area contributed by atoms with Crippen LogP contribution in [0.5, 0.6) is 0 Å². The normalized spacial score (nSPS) is 11.7. The summed E-state index contributed by atoms with van der Waals surface area (Å²) in [5.74, 6) is 0. The van der Waals surface area contributed by atoms with Crippen molar-refractivity contribution in [3.63, 3.8) is 0 Å². The molecule has 10 heteroatoms. The second-order valence-electron chi connectivity index (χ2n) is 4.22. The molecule has 2 rings (SSSR count). The number of nitro groups is 1. The molecular formula is C11H12N4O4S2. The van der Waals surface area contributed by atoms with E-state index in [1.165, 1.54) is 24.5 Å². The number of benzene rings is 1. The van der Waals surface area contributed by atoms with E-state index in [9.17, 15) is 18.5 Å². The minimum Gasteiger partial charge on any atom is -0.393 e. The molecule has 112 valence electrons. The van der Waals surface area contributed by atoms with Gasteiger partial charge in [-0.2, -0.15) is 4.31 Å². The molecule has 0 amide bonds. The van der Waals surface area contributed by atoms with Crippen molar-refractivity contribution in [1.29, 1.82) is 0 Å². The summed E-state index contributed by atoms with van der Waals surface area (Å²) >= 11 is 1.37. The Labute approximate surface area is 125 Å². The van der Waals surface area contributed by atoms with Crippen molar-refractivity contribution in [2.24, 2.45) is 0 Å². The summed E-state index contributed by atoms with van der Waals surface area (Å²) in [6.07, 6.45) is 0. The summed E-state index contributed by atoms with van der Waals surface area (Å²) in [4.78, 5) is 13.9. The molecule has 1 heterocycles. The average molecular weight is 328 g/mol. The zero-order valence-electron chi connectivity index (χ0n) is 11.0. The fourth-order valence-corrected chi connectivity index (χ4v) is 3.40. The molecule has 0 aliphatic rings. The first kappa shape index (κ1) is 15.4. The topological polar surface area (TPSA) is 119 Å². The minimum atomic E-state index is -3.78. The van der Waals surface area contributed by atoms with Crippen molar-refractivity contribution in [1.82, 2.24) is 9.29 Å². The van der Waals surface area contributed by atoms with Gasteiger partial charge in [0.25, 0.3) is 5.69 Å². The number of nitrogen functional groups attached to an aromatic ring is 1. The Hall–Kier alpha value is -2.04. The van der Waals surface area contributed by atoms with Crippen LogP contribution in [0.4, 0.5) is 11.4 Å². The van der Waals surface area contributed by atoms with E-state index in [1.807, 2.05) is 0 Å². The third-order valence-corrected chi connectivity index (χ3v) is 5.21. The molecule has 2 N–H and O–H groups in total. The van der Waals surface area contributed by atoms with E-state index in [4.69, 9.17) is 5.73 Å². The molecule has 0 saturated heterocycles. The molecule has 1 aromatic heterocycles. The van der Waals surface area contributed by atoms with E-state index in [0.717, 1.165) is 16.4 Å². The molecule has 0 fully saturated rings. The van der Waals surface area contributed by atoms with Crippen LogP contribution in [0, 0.1) is 10.1 Å². The van der Waals surface area contributed by atoms with Crippen molar-refractivity contribution >= 4 is 32.7 Å². The van der Waals surface area contributed by atoms with Crippen LogP contribution < -0.4 is 5.73 Å². The van der Waals surface area contributed by atoms with Crippen LogP contribution in [0.15, 0.2) is 34.0 Å². The van der Waals surface area contributed by atoms with Gasteiger partial charge in [0.2, 0.25) is 10.0 Å². The van der Waals surface area contributed by atoms with Crippen LogP contribution in [0.25, 0.3) is 0 Å². The molecule has 0 aliphatic carbocycles. The zero-order valence-corrected chi connectivity index (χ0v) is 12.6. The summed E-state index contributed by atoms with van der Waals surface area (Å²) in [5, 5.41) is 12.4. The Morgan fingerprint density at radius 1 is 1.48 bits per heavy atom. The first-order chi connectivity index (χ1) is 9.82. The van der Waals surface area contributed by atoms with Gasteiger partial charge < -0.3 is 5.73 Å². The Bertz CT molecular complexity index is 759. The maximum absolute atomic E-state index is 12.4. The fraction of sp³-hybridized carbons (Fsp3) is 0.182. The van der Waals surface area contributed by atoms with Crippen LogP contribution in [0.1, 0.15) is 5.69 Å². The van der Waals surface area contributed by atoms with Crippen LogP contribution in [0.2, 0.25) is 0 Å². The zero-order chi connectivity index (χ0) is 15.6. The van der Waals surface area contributed by atoms with Gasteiger partial charge in [-0.25, -0.2) is 13.4 Å². The van der Waals surface area contributed by atoms with Crippen LogP contribution in [-0.2, 0) is 16.6 Å². The molecule has 0 saturated carbocycles. The Balaban J connectivity index is 2.31. The molecule has 0 bridgehead atoms. The second kappa shape index (κ2) is 5.76. The summed E-state index contributed by atoms with van der Waals surface area (Å²) in [6, 6.07) is 3.34. The lowest BCUT2D eigenvalue weighted by Gasteiger charge is -2.16. The van der Waals surface area contributed by atoms with Crippen molar-refractivity contribution in [3.8, 4) is 0 Å². The lowest BCUT2D eigenvalue weighted by molar-refractivity contribution is -0.383. The van der Waals surface area contributed by atoms with Gasteiger partial charge in [-0.15, -0.1) is 11.3 Å². The molecule has 0 aliphatic heterocycles. The third-order valence-electron chi connectivity index (χ3n) is 2.77. The molecule has 8 nitrogen and oxygen atoms in total. The van der Waals surface area contributed by atoms with Crippen molar-refractivity contribution in [3.05, 3.63) is 44.9 Å². The number of nitrogens with two attached hydrogens (primary N) is 1. The Morgan fingerprint density at radius 2 is 2.19 bits per heavy atom.